The zero-order chi connectivity index (χ0) is 18.4. The zero-order valence-electron chi connectivity index (χ0n) is 16.5. The Bertz CT molecular complexity index is 779. The molecule has 0 spiro atoms. The maximum atomic E-state index is 6.36. The van der Waals surface area contributed by atoms with Crippen molar-refractivity contribution in [2.75, 3.05) is 19.7 Å². The third-order valence-corrected chi connectivity index (χ3v) is 10.6. The smallest absolute Gasteiger partial charge is 0.192 e. The highest BCUT2D eigenvalue weighted by Gasteiger charge is 2.37. The second kappa shape index (κ2) is 6.56. The van der Waals surface area contributed by atoms with Crippen LogP contribution in [0, 0.1) is 0 Å². The summed E-state index contributed by atoms with van der Waals surface area (Å²) in [6.45, 7) is 15.4. The van der Waals surface area contributed by atoms with E-state index in [4.69, 9.17) is 12.3 Å². The van der Waals surface area contributed by atoms with Crippen LogP contribution in [0.15, 0.2) is 12.1 Å². The first kappa shape index (κ1) is 18.7. The van der Waals surface area contributed by atoms with Gasteiger partial charge in [0.05, 0.1) is 0 Å². The molecule has 0 saturated heterocycles. The molecule has 0 unspecified atom stereocenters. The molecule has 0 atom stereocenters. The minimum Gasteiger partial charge on any atom is -0.416 e. The van der Waals surface area contributed by atoms with E-state index in [0.717, 1.165) is 38.3 Å². The van der Waals surface area contributed by atoms with Crippen molar-refractivity contribution >= 4 is 32.8 Å². The Morgan fingerprint density at radius 1 is 1.28 bits per heavy atom. The zero-order valence-corrected chi connectivity index (χ0v) is 17.5. The van der Waals surface area contributed by atoms with Crippen molar-refractivity contribution in [3.05, 3.63) is 23.4 Å². The minimum absolute atomic E-state index is 0.267. The highest BCUT2D eigenvalue weighted by atomic mass is 28.4. The van der Waals surface area contributed by atoms with E-state index in [2.05, 4.69) is 61.4 Å². The van der Waals surface area contributed by atoms with Gasteiger partial charge in [0.25, 0.3) is 0 Å². The van der Waals surface area contributed by atoms with Gasteiger partial charge in [-0.15, -0.1) is 0 Å². The summed E-state index contributed by atoms with van der Waals surface area (Å²) in [6.07, 6.45) is 1.06. The van der Waals surface area contributed by atoms with Crippen LogP contribution in [0.2, 0.25) is 18.1 Å². The Morgan fingerprint density at radius 3 is 2.68 bits per heavy atom. The van der Waals surface area contributed by atoms with Crippen molar-refractivity contribution in [1.29, 1.82) is 0 Å². The van der Waals surface area contributed by atoms with Crippen LogP contribution in [-0.2, 0) is 24.4 Å². The monoisotopic (exact) mass is 355 g/mol. The molecule has 0 N–H and O–H groups in total. The molecule has 0 aromatic carbocycles. The second-order valence-corrected chi connectivity index (χ2v) is 13.5. The normalized spacial score (nSPS) is 16.4. The van der Waals surface area contributed by atoms with Crippen molar-refractivity contribution in [1.82, 2.24) is 14.5 Å². The predicted octanol–water partition coefficient (Wildman–Crippen LogP) is 2.75. The summed E-state index contributed by atoms with van der Waals surface area (Å²) in [5, 5.41) is 1.50. The van der Waals surface area contributed by atoms with Crippen molar-refractivity contribution in [2.45, 2.75) is 51.9 Å². The lowest BCUT2D eigenvalue weighted by molar-refractivity contribution is 0.186. The number of fused-ring (bicyclic) bond motifs is 3. The maximum Gasteiger partial charge on any atom is 0.192 e. The van der Waals surface area contributed by atoms with Gasteiger partial charge in [-0.2, -0.15) is 0 Å². The first-order valence-corrected chi connectivity index (χ1v) is 12.1. The van der Waals surface area contributed by atoms with Crippen molar-refractivity contribution in [3.8, 4) is 0 Å². The quantitative estimate of drug-likeness (QED) is 0.790. The van der Waals surface area contributed by atoms with Gasteiger partial charge in [0, 0.05) is 50.8 Å². The van der Waals surface area contributed by atoms with Gasteiger partial charge >= 0.3 is 0 Å². The average molecular weight is 355 g/mol. The molecule has 1 aliphatic rings. The second-order valence-electron chi connectivity index (χ2n) is 8.73. The van der Waals surface area contributed by atoms with Crippen LogP contribution < -0.4 is 5.59 Å². The molecule has 0 bridgehead atoms. The van der Waals surface area contributed by atoms with Crippen LogP contribution in [0.3, 0.4) is 0 Å². The number of hydrogen-bond acceptors (Lipinski definition) is 3. The van der Waals surface area contributed by atoms with E-state index in [-0.39, 0.29) is 5.04 Å². The van der Waals surface area contributed by atoms with E-state index < -0.39 is 8.32 Å². The molecule has 4 nitrogen and oxygen atoms in total. The Balaban J connectivity index is 1.70. The van der Waals surface area contributed by atoms with Crippen LogP contribution >= 0.6 is 0 Å². The molecular weight excluding hydrogens is 325 g/mol. The van der Waals surface area contributed by atoms with Gasteiger partial charge in [-0.1, -0.05) is 26.8 Å². The topological polar surface area (TPSA) is 30.3 Å². The van der Waals surface area contributed by atoms with Crippen molar-refractivity contribution in [3.63, 3.8) is 0 Å². The SMILES string of the molecule is [B]c1ccc2c3c(n(C)c2n1)CCN(CCO[Si](C)(C)C(C)(C)C)C3. The molecule has 2 radical (unpaired) electrons. The number of pyridine rings is 1. The Hall–Kier alpha value is -1.11. The molecule has 6 heteroatoms. The van der Waals surface area contributed by atoms with E-state index in [1.165, 1.54) is 16.6 Å². The van der Waals surface area contributed by atoms with Crippen LogP contribution in [0.5, 0.6) is 0 Å². The number of nitrogens with zero attached hydrogens (tertiary/aromatic N) is 3. The Kier molecular flexibility index (Phi) is 4.90. The Labute approximate surface area is 154 Å². The van der Waals surface area contributed by atoms with Gasteiger partial charge < -0.3 is 8.99 Å². The van der Waals surface area contributed by atoms with Gasteiger partial charge in [-0.3, -0.25) is 4.90 Å². The fourth-order valence-corrected chi connectivity index (χ4v) is 4.37. The fourth-order valence-electron chi connectivity index (χ4n) is 3.34. The van der Waals surface area contributed by atoms with Gasteiger partial charge in [-0.25, -0.2) is 4.98 Å². The van der Waals surface area contributed by atoms with Crippen LogP contribution in [0.1, 0.15) is 32.0 Å². The summed E-state index contributed by atoms with van der Waals surface area (Å²) in [4.78, 5) is 7.04. The molecular formula is C19H30BN3OSi. The molecule has 3 heterocycles. The largest absolute Gasteiger partial charge is 0.416 e. The van der Waals surface area contributed by atoms with E-state index in [9.17, 15) is 0 Å². The van der Waals surface area contributed by atoms with Gasteiger partial charge in [0.2, 0.25) is 0 Å². The molecule has 3 rings (SSSR count). The standard InChI is InChI=1S/C19H30BN3OSi/c1-19(2,3)25(5,6)24-12-11-23-10-9-16-15(13-23)14-7-8-17(20)21-18(14)22(16)4/h7-8H,9-13H2,1-6H3. The lowest BCUT2D eigenvalue weighted by Gasteiger charge is -2.37. The molecule has 1 aliphatic heterocycles. The first-order chi connectivity index (χ1) is 11.6. The molecule has 2 aromatic rings. The maximum absolute atomic E-state index is 6.36. The average Bonchev–Trinajstić information content (AvgIpc) is 2.78. The first-order valence-electron chi connectivity index (χ1n) is 9.19. The van der Waals surface area contributed by atoms with Crippen LogP contribution in [0.4, 0.5) is 0 Å². The summed E-state index contributed by atoms with van der Waals surface area (Å²) in [5.74, 6) is 0. The molecule has 0 fully saturated rings. The van der Waals surface area contributed by atoms with Gasteiger partial charge in [-0.05, 0) is 35.4 Å². The number of hydrogen-bond donors (Lipinski definition) is 0. The summed E-state index contributed by atoms with van der Waals surface area (Å²) in [6, 6.07) is 4.02. The summed E-state index contributed by atoms with van der Waals surface area (Å²) in [7, 11) is 6.31. The molecule has 2 aromatic heterocycles. The molecule has 0 saturated carbocycles. The molecule has 0 aliphatic carbocycles. The number of aromatic nitrogens is 2. The molecule has 0 amide bonds. The van der Waals surface area contributed by atoms with E-state index in [1.807, 2.05) is 6.07 Å². The lowest BCUT2D eigenvalue weighted by Crippen LogP contribution is -2.43. The number of rotatable bonds is 4. The van der Waals surface area contributed by atoms with Crippen molar-refractivity contribution < 1.29 is 4.43 Å². The summed E-state index contributed by atoms with van der Waals surface area (Å²) in [5.41, 5.74) is 4.40. The summed E-state index contributed by atoms with van der Waals surface area (Å²) < 4.78 is 8.57. The lowest BCUT2D eigenvalue weighted by atomic mass is 10.0. The molecule has 134 valence electrons. The highest BCUT2D eigenvalue weighted by Crippen LogP contribution is 2.36. The fraction of sp³-hybridized carbons (Fsp3) is 0.632. The van der Waals surface area contributed by atoms with E-state index in [1.54, 1.807) is 0 Å². The van der Waals surface area contributed by atoms with Gasteiger partial charge in [0.1, 0.15) is 13.5 Å². The summed E-state index contributed by atoms with van der Waals surface area (Å²) >= 11 is 0. The van der Waals surface area contributed by atoms with Crippen LogP contribution in [-0.4, -0.2) is 50.3 Å². The van der Waals surface area contributed by atoms with Gasteiger partial charge in [0.15, 0.2) is 8.32 Å². The van der Waals surface area contributed by atoms with E-state index >= 15 is 0 Å². The van der Waals surface area contributed by atoms with Crippen LogP contribution in [0.25, 0.3) is 11.0 Å². The molecule has 25 heavy (non-hydrogen) atoms. The van der Waals surface area contributed by atoms with E-state index in [0.29, 0.717) is 5.59 Å². The predicted molar refractivity (Wildman–Crippen MR) is 108 cm³/mol. The number of aryl methyl sites for hydroxylation is 1. The Morgan fingerprint density at radius 2 is 2.00 bits per heavy atom. The minimum atomic E-state index is -1.66. The highest BCUT2D eigenvalue weighted by molar-refractivity contribution is 6.74. The van der Waals surface area contributed by atoms with Crippen molar-refractivity contribution in [2.24, 2.45) is 7.05 Å². The third-order valence-electron chi connectivity index (χ3n) is 6.02. The third kappa shape index (κ3) is 3.57.